The molecule has 3 N–H and O–H groups in total. The van der Waals surface area contributed by atoms with E-state index in [9.17, 15) is 0 Å². The van der Waals surface area contributed by atoms with Crippen molar-refractivity contribution in [2.75, 3.05) is 6.54 Å². The molecule has 2 heterocycles. The highest BCUT2D eigenvalue weighted by Crippen LogP contribution is 2.44. The number of nitrogens with one attached hydrogen (secondary N) is 1. The Kier molecular flexibility index (Phi) is 1.35. The van der Waals surface area contributed by atoms with Crippen LogP contribution in [0.5, 0.6) is 0 Å². The van der Waals surface area contributed by atoms with E-state index in [4.69, 9.17) is 5.73 Å². The van der Waals surface area contributed by atoms with E-state index in [1.54, 1.807) is 0 Å². The highest BCUT2D eigenvalue weighted by Gasteiger charge is 2.43. The molecular formula is C9H14N4. The van der Waals surface area contributed by atoms with Crippen LogP contribution in [0.3, 0.4) is 0 Å². The largest absolute Gasteiger partial charge is 0.321 e. The molecular weight excluding hydrogens is 164 g/mol. The van der Waals surface area contributed by atoms with Crippen molar-refractivity contribution >= 4 is 0 Å². The lowest BCUT2D eigenvalue weighted by Crippen LogP contribution is -2.31. The molecule has 1 aromatic rings. The summed E-state index contributed by atoms with van der Waals surface area (Å²) in [7, 11) is 0. The van der Waals surface area contributed by atoms with Gasteiger partial charge in [0, 0.05) is 24.2 Å². The van der Waals surface area contributed by atoms with Crippen LogP contribution in [0.25, 0.3) is 0 Å². The summed E-state index contributed by atoms with van der Waals surface area (Å²) in [5.74, 6) is 0. The van der Waals surface area contributed by atoms with Crippen LogP contribution in [-0.4, -0.2) is 16.3 Å². The zero-order chi connectivity index (χ0) is 8.89. The summed E-state index contributed by atoms with van der Waals surface area (Å²) in [4.78, 5) is 0. The van der Waals surface area contributed by atoms with Crippen molar-refractivity contribution in [2.24, 2.45) is 5.73 Å². The van der Waals surface area contributed by atoms with Gasteiger partial charge in [-0.15, -0.1) is 0 Å². The molecule has 0 spiro atoms. The van der Waals surface area contributed by atoms with Gasteiger partial charge in [-0.2, -0.15) is 5.10 Å². The Balaban J connectivity index is 2.06. The molecule has 1 aromatic heterocycles. The molecule has 1 saturated carbocycles. The van der Waals surface area contributed by atoms with E-state index in [0.29, 0.717) is 0 Å². The molecule has 70 valence electrons. The molecule has 0 radical (unpaired) electrons. The van der Waals surface area contributed by atoms with Crippen molar-refractivity contribution in [3.8, 4) is 0 Å². The molecule has 0 amide bonds. The average Bonchev–Trinajstić information content (AvgIpc) is 2.76. The third-order valence-electron chi connectivity index (χ3n) is 3.07. The van der Waals surface area contributed by atoms with Crippen LogP contribution in [0.2, 0.25) is 0 Å². The third kappa shape index (κ3) is 1.02. The minimum atomic E-state index is -0.0351. The third-order valence-corrected chi connectivity index (χ3v) is 3.07. The van der Waals surface area contributed by atoms with Crippen LogP contribution in [0, 0.1) is 0 Å². The number of aromatic nitrogens is 2. The molecule has 4 nitrogen and oxygen atoms in total. The zero-order valence-electron chi connectivity index (χ0n) is 7.58. The van der Waals surface area contributed by atoms with Gasteiger partial charge in [-0.05, 0) is 12.8 Å². The van der Waals surface area contributed by atoms with E-state index in [0.717, 1.165) is 32.5 Å². The quantitative estimate of drug-likeness (QED) is 0.633. The van der Waals surface area contributed by atoms with Crippen molar-refractivity contribution in [3.05, 3.63) is 17.5 Å². The summed E-state index contributed by atoms with van der Waals surface area (Å²) < 4.78 is 2.08. The molecule has 13 heavy (non-hydrogen) atoms. The SMILES string of the molecule is NC1(c2cnn3c2CNCC3)CC1. The lowest BCUT2D eigenvalue weighted by molar-refractivity contribution is 0.470. The lowest BCUT2D eigenvalue weighted by atomic mass is 10.1. The first-order valence-corrected chi connectivity index (χ1v) is 4.84. The molecule has 3 rings (SSSR count). The Morgan fingerprint density at radius 3 is 3.15 bits per heavy atom. The fourth-order valence-corrected chi connectivity index (χ4v) is 2.00. The Morgan fingerprint density at radius 1 is 1.54 bits per heavy atom. The van der Waals surface area contributed by atoms with Crippen LogP contribution in [0.1, 0.15) is 24.1 Å². The van der Waals surface area contributed by atoms with E-state index in [-0.39, 0.29) is 5.54 Å². The Hall–Kier alpha value is -0.870. The van der Waals surface area contributed by atoms with Crippen molar-refractivity contribution in [3.63, 3.8) is 0 Å². The second kappa shape index (κ2) is 2.33. The topological polar surface area (TPSA) is 55.9 Å². The number of rotatable bonds is 1. The normalized spacial score (nSPS) is 24.1. The Bertz CT molecular complexity index is 337. The summed E-state index contributed by atoms with van der Waals surface area (Å²) >= 11 is 0. The highest BCUT2D eigenvalue weighted by molar-refractivity contribution is 5.32. The van der Waals surface area contributed by atoms with Crippen molar-refractivity contribution in [1.29, 1.82) is 0 Å². The fourth-order valence-electron chi connectivity index (χ4n) is 2.00. The molecule has 0 bridgehead atoms. The van der Waals surface area contributed by atoms with Gasteiger partial charge in [-0.3, -0.25) is 4.68 Å². The van der Waals surface area contributed by atoms with Gasteiger partial charge >= 0.3 is 0 Å². The van der Waals surface area contributed by atoms with Crippen molar-refractivity contribution < 1.29 is 0 Å². The molecule has 1 aliphatic heterocycles. The summed E-state index contributed by atoms with van der Waals surface area (Å²) in [5.41, 5.74) is 8.68. The minimum Gasteiger partial charge on any atom is -0.321 e. The van der Waals surface area contributed by atoms with E-state index < -0.39 is 0 Å². The maximum Gasteiger partial charge on any atom is 0.0573 e. The van der Waals surface area contributed by atoms with Crippen LogP contribution in [0.4, 0.5) is 0 Å². The summed E-state index contributed by atoms with van der Waals surface area (Å²) in [5, 5.41) is 7.71. The first-order valence-electron chi connectivity index (χ1n) is 4.84. The standard InChI is InChI=1S/C9H14N4/c10-9(1-2-9)7-5-12-13-4-3-11-6-8(7)13/h5,11H,1-4,6,10H2. The zero-order valence-corrected chi connectivity index (χ0v) is 7.58. The lowest BCUT2D eigenvalue weighted by Gasteiger charge is -2.18. The predicted octanol–water partition coefficient (Wildman–Crippen LogP) is -0.0659. The van der Waals surface area contributed by atoms with Crippen molar-refractivity contribution in [1.82, 2.24) is 15.1 Å². The number of fused-ring (bicyclic) bond motifs is 1. The predicted molar refractivity (Wildman–Crippen MR) is 49.0 cm³/mol. The molecule has 1 aliphatic carbocycles. The van der Waals surface area contributed by atoms with Gasteiger partial charge < -0.3 is 11.1 Å². The van der Waals surface area contributed by atoms with Gasteiger partial charge in [-0.25, -0.2) is 0 Å². The molecule has 2 aliphatic rings. The van der Waals surface area contributed by atoms with Crippen LogP contribution < -0.4 is 11.1 Å². The monoisotopic (exact) mass is 178 g/mol. The average molecular weight is 178 g/mol. The van der Waals surface area contributed by atoms with Crippen molar-refractivity contribution in [2.45, 2.75) is 31.5 Å². The second-order valence-electron chi connectivity index (χ2n) is 4.06. The van der Waals surface area contributed by atoms with E-state index in [2.05, 4.69) is 15.1 Å². The van der Waals surface area contributed by atoms with Crippen LogP contribution in [0.15, 0.2) is 6.20 Å². The molecule has 4 heteroatoms. The Labute approximate surface area is 77.1 Å². The fraction of sp³-hybridized carbons (Fsp3) is 0.667. The van der Waals surface area contributed by atoms with E-state index in [1.807, 2.05) is 6.20 Å². The van der Waals surface area contributed by atoms with E-state index in [1.165, 1.54) is 11.3 Å². The summed E-state index contributed by atoms with van der Waals surface area (Å²) in [6, 6.07) is 0. The molecule has 0 saturated heterocycles. The molecule has 0 atom stereocenters. The summed E-state index contributed by atoms with van der Waals surface area (Å²) in [6.07, 6.45) is 4.19. The van der Waals surface area contributed by atoms with Gasteiger partial charge in [-0.1, -0.05) is 0 Å². The number of hydrogen-bond donors (Lipinski definition) is 2. The highest BCUT2D eigenvalue weighted by atomic mass is 15.3. The second-order valence-corrected chi connectivity index (χ2v) is 4.06. The number of nitrogens with two attached hydrogens (primary N) is 1. The van der Waals surface area contributed by atoms with Crippen LogP contribution >= 0.6 is 0 Å². The van der Waals surface area contributed by atoms with Gasteiger partial charge in [0.15, 0.2) is 0 Å². The van der Waals surface area contributed by atoms with Gasteiger partial charge in [0.25, 0.3) is 0 Å². The van der Waals surface area contributed by atoms with Gasteiger partial charge in [0.2, 0.25) is 0 Å². The first kappa shape index (κ1) is 7.53. The molecule has 0 unspecified atom stereocenters. The first-order chi connectivity index (χ1) is 6.30. The maximum absolute atomic E-state index is 6.16. The smallest absolute Gasteiger partial charge is 0.0573 e. The number of nitrogens with zero attached hydrogens (tertiary/aromatic N) is 2. The molecule has 0 aromatic carbocycles. The van der Waals surface area contributed by atoms with Gasteiger partial charge in [0.05, 0.1) is 18.4 Å². The van der Waals surface area contributed by atoms with Gasteiger partial charge in [0.1, 0.15) is 0 Å². The van der Waals surface area contributed by atoms with Crippen LogP contribution in [-0.2, 0) is 18.6 Å². The minimum absolute atomic E-state index is 0.0351. The maximum atomic E-state index is 6.16. The molecule has 1 fully saturated rings. The summed E-state index contributed by atoms with van der Waals surface area (Å²) in [6.45, 7) is 2.92. The van der Waals surface area contributed by atoms with E-state index >= 15 is 0 Å². The number of hydrogen-bond acceptors (Lipinski definition) is 3. The Morgan fingerprint density at radius 2 is 2.38 bits per heavy atom.